The van der Waals surface area contributed by atoms with Gasteiger partial charge in [-0.1, -0.05) is 12.1 Å². The summed E-state index contributed by atoms with van der Waals surface area (Å²) in [6, 6.07) is 10.4. The molecule has 3 aromatic rings. The van der Waals surface area contributed by atoms with E-state index in [-0.39, 0.29) is 11.5 Å². The van der Waals surface area contributed by atoms with Crippen LogP contribution in [0.15, 0.2) is 59.8 Å². The monoisotopic (exact) mass is 338 g/mol. The van der Waals surface area contributed by atoms with Gasteiger partial charge in [0.2, 0.25) is 5.56 Å². The average molecular weight is 338 g/mol. The summed E-state index contributed by atoms with van der Waals surface area (Å²) in [5.41, 5.74) is 1.94. The number of rotatable bonds is 5. The molecule has 0 atom stereocenters. The number of nitrogens with zero attached hydrogens (tertiary/aromatic N) is 3. The molecule has 2 aromatic heterocycles. The van der Waals surface area contributed by atoms with Crippen molar-refractivity contribution in [3.05, 3.63) is 76.5 Å². The topological polar surface area (TPSA) is 78.1 Å². The lowest BCUT2D eigenvalue weighted by atomic mass is 10.2. The Bertz CT molecular complexity index is 959. The number of carbonyl (C=O) groups is 1. The van der Waals surface area contributed by atoms with Crippen LogP contribution in [0, 0.1) is 0 Å². The Kier molecular flexibility index (Phi) is 4.65. The molecule has 2 heterocycles. The highest BCUT2D eigenvalue weighted by atomic mass is 16.5. The fourth-order valence-electron chi connectivity index (χ4n) is 2.41. The first-order valence-electron chi connectivity index (χ1n) is 7.70. The fourth-order valence-corrected chi connectivity index (χ4v) is 2.41. The molecule has 0 aliphatic carbocycles. The Hall–Kier alpha value is -3.35. The van der Waals surface area contributed by atoms with Crippen LogP contribution < -0.4 is 15.6 Å². The third-order valence-electron chi connectivity index (χ3n) is 3.77. The minimum absolute atomic E-state index is 0.158. The van der Waals surface area contributed by atoms with Gasteiger partial charge in [-0.3, -0.25) is 9.59 Å². The van der Waals surface area contributed by atoms with E-state index >= 15 is 0 Å². The summed E-state index contributed by atoms with van der Waals surface area (Å²) < 4.78 is 8.40. The highest BCUT2D eigenvalue weighted by Gasteiger charge is 2.09. The summed E-state index contributed by atoms with van der Waals surface area (Å²) in [4.78, 5) is 23.6. The molecule has 0 radical (unpaired) electrons. The van der Waals surface area contributed by atoms with E-state index in [1.165, 1.54) is 22.9 Å². The van der Waals surface area contributed by atoms with Gasteiger partial charge in [0.1, 0.15) is 11.4 Å². The maximum atomic E-state index is 12.2. The molecule has 128 valence electrons. The summed E-state index contributed by atoms with van der Waals surface area (Å²) in [6.07, 6.45) is 5.03. The number of amides is 1. The maximum absolute atomic E-state index is 12.2. The Balaban J connectivity index is 1.70. The van der Waals surface area contributed by atoms with Crippen molar-refractivity contribution in [2.24, 2.45) is 7.05 Å². The van der Waals surface area contributed by atoms with Gasteiger partial charge in [0, 0.05) is 37.6 Å². The third-order valence-corrected chi connectivity index (χ3v) is 3.77. The molecule has 1 amide bonds. The van der Waals surface area contributed by atoms with Crippen LogP contribution in [0.4, 0.5) is 0 Å². The Labute approximate surface area is 144 Å². The van der Waals surface area contributed by atoms with Gasteiger partial charge in [-0.15, -0.1) is 0 Å². The summed E-state index contributed by atoms with van der Waals surface area (Å²) in [5.74, 6) is 0.465. The number of benzene rings is 1. The second-order valence-corrected chi connectivity index (χ2v) is 5.51. The molecule has 0 saturated carbocycles. The van der Waals surface area contributed by atoms with Crippen LogP contribution in [0.5, 0.6) is 5.75 Å². The zero-order valence-corrected chi connectivity index (χ0v) is 14.0. The second kappa shape index (κ2) is 7.04. The van der Waals surface area contributed by atoms with Gasteiger partial charge in [0.05, 0.1) is 18.9 Å². The SMILES string of the molecule is COc1ccccc1-n1cc(CNC(=O)c2ccc(=O)n(C)c2)cn1. The molecular weight excluding hydrogens is 320 g/mol. The molecule has 0 aliphatic heterocycles. The van der Waals surface area contributed by atoms with Gasteiger partial charge in [-0.25, -0.2) is 4.68 Å². The molecule has 7 nitrogen and oxygen atoms in total. The first kappa shape index (κ1) is 16.5. The first-order valence-corrected chi connectivity index (χ1v) is 7.70. The zero-order valence-electron chi connectivity index (χ0n) is 14.0. The van der Waals surface area contributed by atoms with E-state index in [4.69, 9.17) is 4.74 Å². The van der Waals surface area contributed by atoms with Gasteiger partial charge in [0.15, 0.2) is 0 Å². The standard InChI is InChI=1S/C18H18N4O3/c1-21-12-14(7-8-17(21)23)18(24)19-9-13-10-20-22(11-13)15-5-3-4-6-16(15)25-2/h3-8,10-12H,9H2,1-2H3,(H,19,24). The summed E-state index contributed by atoms with van der Waals surface area (Å²) in [6.45, 7) is 0.330. The van der Waals surface area contributed by atoms with Crippen molar-refractivity contribution in [1.29, 1.82) is 0 Å². The van der Waals surface area contributed by atoms with Crippen LogP contribution in [-0.4, -0.2) is 27.4 Å². The smallest absolute Gasteiger partial charge is 0.253 e. The van der Waals surface area contributed by atoms with Crippen LogP contribution in [0.1, 0.15) is 15.9 Å². The van der Waals surface area contributed by atoms with Crippen molar-refractivity contribution in [2.75, 3.05) is 7.11 Å². The molecule has 3 rings (SSSR count). The highest BCUT2D eigenvalue weighted by Crippen LogP contribution is 2.21. The molecule has 0 saturated heterocycles. The first-order chi connectivity index (χ1) is 12.1. The van der Waals surface area contributed by atoms with Crippen molar-refractivity contribution in [2.45, 2.75) is 6.54 Å². The second-order valence-electron chi connectivity index (χ2n) is 5.51. The third kappa shape index (κ3) is 3.60. The number of aromatic nitrogens is 3. The van der Waals surface area contributed by atoms with Gasteiger partial charge in [-0.2, -0.15) is 5.10 Å². The molecule has 1 aromatic carbocycles. The van der Waals surface area contributed by atoms with Gasteiger partial charge in [0.25, 0.3) is 5.91 Å². The predicted octanol–water partition coefficient (Wildman–Crippen LogP) is 1.51. The van der Waals surface area contributed by atoms with Crippen molar-refractivity contribution in [3.63, 3.8) is 0 Å². The van der Waals surface area contributed by atoms with E-state index in [9.17, 15) is 9.59 Å². The molecule has 0 unspecified atom stereocenters. The van der Waals surface area contributed by atoms with Gasteiger partial charge >= 0.3 is 0 Å². The number of para-hydroxylation sites is 2. The number of pyridine rings is 1. The van der Waals surface area contributed by atoms with E-state index in [0.717, 1.165) is 11.3 Å². The Morgan fingerprint density at radius 1 is 1.20 bits per heavy atom. The van der Waals surface area contributed by atoms with Crippen LogP contribution in [-0.2, 0) is 13.6 Å². The molecule has 1 N–H and O–H groups in total. The average Bonchev–Trinajstić information content (AvgIpc) is 3.10. The molecule has 7 heteroatoms. The lowest BCUT2D eigenvalue weighted by molar-refractivity contribution is 0.0950. The lowest BCUT2D eigenvalue weighted by Crippen LogP contribution is -2.25. The molecular formula is C18H18N4O3. The van der Waals surface area contributed by atoms with E-state index in [0.29, 0.717) is 17.9 Å². The number of hydrogen-bond donors (Lipinski definition) is 1. The number of carbonyl (C=O) groups excluding carboxylic acids is 1. The lowest BCUT2D eigenvalue weighted by Gasteiger charge is -2.07. The normalized spacial score (nSPS) is 10.5. The van der Waals surface area contributed by atoms with Gasteiger partial charge in [-0.05, 0) is 18.2 Å². The Morgan fingerprint density at radius 3 is 2.76 bits per heavy atom. The predicted molar refractivity (Wildman–Crippen MR) is 93.0 cm³/mol. The molecule has 0 fully saturated rings. The molecule has 25 heavy (non-hydrogen) atoms. The van der Waals surface area contributed by atoms with E-state index < -0.39 is 0 Å². The quantitative estimate of drug-likeness (QED) is 0.765. The van der Waals surface area contributed by atoms with Gasteiger partial charge < -0.3 is 14.6 Å². The van der Waals surface area contributed by atoms with Crippen LogP contribution in [0.2, 0.25) is 0 Å². The van der Waals surface area contributed by atoms with E-state index in [2.05, 4.69) is 10.4 Å². The van der Waals surface area contributed by atoms with Crippen molar-refractivity contribution < 1.29 is 9.53 Å². The van der Waals surface area contributed by atoms with E-state index in [1.807, 2.05) is 30.5 Å². The zero-order chi connectivity index (χ0) is 17.8. The highest BCUT2D eigenvalue weighted by molar-refractivity contribution is 5.93. The fraction of sp³-hybridized carbons (Fsp3) is 0.167. The number of ether oxygens (including phenoxy) is 1. The van der Waals surface area contributed by atoms with Crippen molar-refractivity contribution in [3.8, 4) is 11.4 Å². The minimum atomic E-state index is -0.249. The number of nitrogens with one attached hydrogen (secondary N) is 1. The molecule has 0 spiro atoms. The minimum Gasteiger partial charge on any atom is -0.494 e. The van der Waals surface area contributed by atoms with Crippen LogP contribution >= 0.6 is 0 Å². The van der Waals surface area contributed by atoms with Crippen LogP contribution in [0.25, 0.3) is 5.69 Å². The number of hydrogen-bond acceptors (Lipinski definition) is 4. The van der Waals surface area contributed by atoms with Crippen molar-refractivity contribution in [1.82, 2.24) is 19.7 Å². The summed E-state index contributed by atoms with van der Waals surface area (Å²) >= 11 is 0. The van der Waals surface area contributed by atoms with Crippen molar-refractivity contribution >= 4 is 5.91 Å². The summed E-state index contributed by atoms with van der Waals surface area (Å²) in [7, 11) is 3.22. The Morgan fingerprint density at radius 2 is 2.00 bits per heavy atom. The number of aryl methyl sites for hydroxylation is 1. The molecule has 0 aliphatic rings. The number of methoxy groups -OCH3 is 1. The maximum Gasteiger partial charge on any atom is 0.253 e. The largest absolute Gasteiger partial charge is 0.494 e. The van der Waals surface area contributed by atoms with Crippen LogP contribution in [0.3, 0.4) is 0 Å². The molecule has 0 bridgehead atoms. The van der Waals surface area contributed by atoms with E-state index in [1.54, 1.807) is 25.0 Å². The summed E-state index contributed by atoms with van der Waals surface area (Å²) in [5, 5.41) is 7.13.